The highest BCUT2D eigenvalue weighted by molar-refractivity contribution is 4.45. The molecular formula is C34H80O4. The fraction of sp³-hybridized carbons (Fsp3) is 0.941. The molecule has 4 heteroatoms. The van der Waals surface area contributed by atoms with E-state index in [0.717, 1.165) is 20.0 Å². The van der Waals surface area contributed by atoms with Crippen molar-refractivity contribution >= 4 is 0 Å². The van der Waals surface area contributed by atoms with Crippen LogP contribution in [0.15, 0.2) is 12.8 Å². The van der Waals surface area contributed by atoms with Gasteiger partial charge in [-0.05, 0) is 12.8 Å². The zero-order chi connectivity index (χ0) is 31.0. The van der Waals surface area contributed by atoms with E-state index in [1.807, 2.05) is 27.7 Å². The molecule has 0 heterocycles. The fourth-order valence-electron chi connectivity index (χ4n) is 2.99. The van der Waals surface area contributed by atoms with Gasteiger partial charge >= 0.3 is 0 Å². The van der Waals surface area contributed by atoms with Crippen LogP contribution in [0.3, 0.4) is 0 Å². The summed E-state index contributed by atoms with van der Waals surface area (Å²) in [7, 11) is 2.56. The van der Waals surface area contributed by atoms with E-state index in [-0.39, 0.29) is 0 Å². The van der Waals surface area contributed by atoms with E-state index in [2.05, 4.69) is 39.0 Å². The molecule has 0 aliphatic carbocycles. The molecule has 0 aliphatic heterocycles. The minimum atomic E-state index is 0.370. The Kier molecular flexibility index (Phi) is 118. The Labute approximate surface area is 244 Å². The van der Waals surface area contributed by atoms with Gasteiger partial charge in [-0.2, -0.15) is 0 Å². The molecule has 0 bridgehead atoms. The molecule has 0 atom stereocenters. The molecule has 0 amide bonds. The van der Waals surface area contributed by atoms with E-state index < -0.39 is 0 Å². The summed E-state index contributed by atoms with van der Waals surface area (Å²) in [6.45, 7) is 20.9. The number of aliphatic hydroxyl groups excluding tert-OH is 3. The van der Waals surface area contributed by atoms with Gasteiger partial charge in [0.15, 0.2) is 0 Å². The number of aliphatic hydroxyl groups is 3. The van der Waals surface area contributed by atoms with E-state index in [1.165, 1.54) is 122 Å². The van der Waals surface area contributed by atoms with Gasteiger partial charge in [-0.15, -0.1) is 0 Å². The Morgan fingerprint density at radius 2 is 0.605 bits per heavy atom. The van der Waals surface area contributed by atoms with E-state index in [4.69, 9.17) is 15.3 Å². The summed E-state index contributed by atoms with van der Waals surface area (Å²) < 4.78 is 4.31. The number of rotatable bonds is 20. The van der Waals surface area contributed by atoms with Crippen LogP contribution in [0.5, 0.6) is 0 Å². The average Bonchev–Trinajstić information content (AvgIpc) is 2.99. The third-order valence-corrected chi connectivity index (χ3v) is 5.15. The molecule has 240 valence electrons. The van der Waals surface area contributed by atoms with Gasteiger partial charge in [-0.25, -0.2) is 0 Å². The maximum Gasteiger partial charge on any atom is 0.0766 e. The van der Waals surface area contributed by atoms with Gasteiger partial charge in [0.25, 0.3) is 0 Å². The van der Waals surface area contributed by atoms with Crippen molar-refractivity contribution in [2.24, 2.45) is 0 Å². The average molecular weight is 553 g/mol. The van der Waals surface area contributed by atoms with Crippen LogP contribution in [-0.2, 0) is 4.74 Å². The zero-order valence-corrected chi connectivity index (χ0v) is 28.6. The largest absolute Gasteiger partial charge is 0.505 e. The Balaban J connectivity index is -0.0000000663. The van der Waals surface area contributed by atoms with Crippen molar-refractivity contribution in [1.82, 2.24) is 0 Å². The van der Waals surface area contributed by atoms with E-state index in [0.29, 0.717) is 13.2 Å². The van der Waals surface area contributed by atoms with Crippen LogP contribution in [0, 0.1) is 0 Å². The van der Waals surface area contributed by atoms with Crippen molar-refractivity contribution in [3.8, 4) is 0 Å². The smallest absolute Gasteiger partial charge is 0.0766 e. The highest BCUT2D eigenvalue weighted by Crippen LogP contribution is 2.08. The monoisotopic (exact) mass is 553 g/mol. The van der Waals surface area contributed by atoms with Gasteiger partial charge in [0.2, 0.25) is 0 Å². The number of hydrogen-bond acceptors (Lipinski definition) is 4. The van der Waals surface area contributed by atoms with E-state index in [1.54, 1.807) is 7.11 Å². The van der Waals surface area contributed by atoms with Crippen molar-refractivity contribution in [3.05, 3.63) is 12.8 Å². The molecule has 0 saturated heterocycles. The molecule has 0 aromatic heterocycles. The molecule has 0 radical (unpaired) electrons. The van der Waals surface area contributed by atoms with Crippen LogP contribution in [-0.4, -0.2) is 42.8 Å². The second-order valence-corrected chi connectivity index (χ2v) is 8.51. The first-order chi connectivity index (χ1) is 18.7. The third kappa shape index (κ3) is 111. The van der Waals surface area contributed by atoms with Crippen LogP contribution in [0.25, 0.3) is 0 Å². The van der Waals surface area contributed by atoms with Crippen LogP contribution >= 0.6 is 0 Å². The normalized spacial score (nSPS) is 8.45. The van der Waals surface area contributed by atoms with Crippen molar-refractivity contribution in [1.29, 1.82) is 0 Å². The maximum absolute atomic E-state index is 8.51. The van der Waals surface area contributed by atoms with Gasteiger partial charge in [0, 0.05) is 20.3 Å². The van der Waals surface area contributed by atoms with E-state index in [9.17, 15) is 0 Å². The van der Waals surface area contributed by atoms with Crippen LogP contribution < -0.4 is 0 Å². The third-order valence-electron chi connectivity index (χ3n) is 5.15. The summed E-state index contributed by atoms with van der Waals surface area (Å²) in [6.07, 6.45) is 27.7. The molecule has 0 unspecified atom stereocenters. The highest BCUT2D eigenvalue weighted by atomic mass is 16.5. The lowest BCUT2D eigenvalue weighted by Gasteiger charge is -1.98. The fourth-order valence-corrected chi connectivity index (χ4v) is 2.99. The second-order valence-electron chi connectivity index (χ2n) is 8.51. The molecule has 0 aromatic rings. The molecule has 3 N–H and O–H groups in total. The van der Waals surface area contributed by atoms with Gasteiger partial charge < -0.3 is 20.1 Å². The number of ether oxygens (including phenoxy) is 1. The minimum Gasteiger partial charge on any atom is -0.505 e. The molecular weight excluding hydrogens is 472 g/mol. The Morgan fingerprint density at radius 3 is 0.763 bits per heavy atom. The van der Waals surface area contributed by atoms with Crippen LogP contribution in [0.1, 0.15) is 184 Å². The van der Waals surface area contributed by atoms with Gasteiger partial charge in [-0.3, -0.25) is 0 Å². The van der Waals surface area contributed by atoms with Crippen LogP contribution in [0.2, 0.25) is 0 Å². The van der Waals surface area contributed by atoms with Crippen LogP contribution in [0.4, 0.5) is 0 Å². The summed E-state index contributed by atoms with van der Waals surface area (Å²) in [5.74, 6) is 0. The number of hydrogen-bond donors (Lipinski definition) is 3. The molecule has 0 saturated carbocycles. The molecule has 0 fully saturated rings. The summed E-state index contributed by atoms with van der Waals surface area (Å²) in [5.41, 5.74) is 0. The molecule has 4 nitrogen and oxygen atoms in total. The number of unbranched alkanes of at least 4 members (excludes halogenated alkanes) is 17. The first kappa shape index (κ1) is 53.6. The Morgan fingerprint density at radius 1 is 0.447 bits per heavy atom. The lowest BCUT2D eigenvalue weighted by atomic mass is 10.1. The zero-order valence-electron chi connectivity index (χ0n) is 28.6. The molecule has 0 aromatic carbocycles. The minimum absolute atomic E-state index is 0.370. The lowest BCUT2D eigenvalue weighted by molar-refractivity contribution is 0.282. The molecule has 38 heavy (non-hydrogen) atoms. The summed E-state index contributed by atoms with van der Waals surface area (Å²) >= 11 is 0. The SMILES string of the molecule is C=COC.CC.CC.CCCCCC.CCCCCCCCCCO.CCCCCCCCCCO.CO. The van der Waals surface area contributed by atoms with Crippen molar-refractivity contribution in [2.45, 2.75) is 184 Å². The summed E-state index contributed by atoms with van der Waals surface area (Å²) in [5, 5.41) is 24.0. The maximum atomic E-state index is 8.51. The number of methoxy groups -OCH3 is 1. The first-order valence-corrected chi connectivity index (χ1v) is 16.5. The van der Waals surface area contributed by atoms with Gasteiger partial charge in [0.05, 0.1) is 13.4 Å². The predicted octanol–water partition coefficient (Wildman–Crippen LogP) is 11.3. The van der Waals surface area contributed by atoms with Gasteiger partial charge in [-0.1, -0.05) is 178 Å². The van der Waals surface area contributed by atoms with Gasteiger partial charge in [0.1, 0.15) is 0 Å². The molecule has 0 aliphatic rings. The quantitative estimate of drug-likeness (QED) is 0.104. The molecule has 0 spiro atoms. The standard InChI is InChI=1S/2C10H22O.C6H14.C3H6O.2C2H6.CH4O/c2*1-2-3-4-5-6-7-8-9-10-11;1-3-5-6-4-2;1-3-4-2;3*1-2/h2*11H,2-10H2,1H3;3-6H2,1-2H3;3H,1H2,2H3;2*1-2H3;2H,1H3. The van der Waals surface area contributed by atoms with E-state index >= 15 is 0 Å². The second kappa shape index (κ2) is 83.3. The summed E-state index contributed by atoms with van der Waals surface area (Å²) in [6, 6.07) is 0. The lowest BCUT2D eigenvalue weighted by Crippen LogP contribution is -1.83. The Hall–Kier alpha value is -0.580. The Bertz CT molecular complexity index is 223. The van der Waals surface area contributed by atoms with Crippen molar-refractivity contribution in [2.75, 3.05) is 27.4 Å². The highest BCUT2D eigenvalue weighted by Gasteiger charge is 1.90. The predicted molar refractivity (Wildman–Crippen MR) is 177 cm³/mol. The first-order valence-electron chi connectivity index (χ1n) is 16.5. The van der Waals surface area contributed by atoms with Crippen molar-refractivity contribution in [3.63, 3.8) is 0 Å². The molecule has 0 rings (SSSR count). The topological polar surface area (TPSA) is 69.9 Å². The van der Waals surface area contributed by atoms with Crippen molar-refractivity contribution < 1.29 is 20.1 Å². The summed E-state index contributed by atoms with van der Waals surface area (Å²) in [4.78, 5) is 0.